The van der Waals surface area contributed by atoms with Gasteiger partial charge in [-0.15, -0.1) is 10.2 Å². The Bertz CT molecular complexity index is 726. The maximum atomic E-state index is 11.4. The first-order valence-electron chi connectivity index (χ1n) is 8.23. The molecule has 25 heavy (non-hydrogen) atoms. The molecule has 2 aromatic rings. The fourth-order valence-corrected chi connectivity index (χ4v) is 3.51. The van der Waals surface area contributed by atoms with Crippen LogP contribution in [-0.4, -0.2) is 45.7 Å². The molecule has 3 rings (SSSR count). The van der Waals surface area contributed by atoms with Gasteiger partial charge in [-0.1, -0.05) is 11.8 Å². The van der Waals surface area contributed by atoms with Gasteiger partial charge in [0.2, 0.25) is 5.91 Å². The molecule has 0 radical (unpaired) electrons. The molecule has 2 heterocycles. The molecule has 1 aliphatic heterocycles. The minimum atomic E-state index is -0.379. The normalized spacial score (nSPS) is 18.2. The quantitative estimate of drug-likeness (QED) is 0.758. The SMILES string of the molecule is COc1ccc(-c2nnc(S[C@@H](C)C(N)=O)n2C[C@@H]2CCCO2)cc1. The first kappa shape index (κ1) is 17.8. The van der Waals surface area contributed by atoms with Crippen LogP contribution >= 0.6 is 11.8 Å². The second kappa shape index (κ2) is 7.88. The van der Waals surface area contributed by atoms with Gasteiger partial charge in [0.15, 0.2) is 11.0 Å². The van der Waals surface area contributed by atoms with Crippen molar-refractivity contribution in [2.75, 3.05) is 13.7 Å². The summed E-state index contributed by atoms with van der Waals surface area (Å²) in [6, 6.07) is 7.67. The highest BCUT2D eigenvalue weighted by atomic mass is 32.2. The van der Waals surface area contributed by atoms with E-state index in [4.69, 9.17) is 15.2 Å². The molecule has 0 spiro atoms. The van der Waals surface area contributed by atoms with Crippen LogP contribution in [0.2, 0.25) is 0 Å². The Labute approximate surface area is 150 Å². The Morgan fingerprint density at radius 2 is 2.20 bits per heavy atom. The number of thioether (sulfide) groups is 1. The fourth-order valence-electron chi connectivity index (χ4n) is 2.70. The zero-order chi connectivity index (χ0) is 17.8. The number of hydrogen-bond acceptors (Lipinski definition) is 6. The summed E-state index contributed by atoms with van der Waals surface area (Å²) in [4.78, 5) is 11.4. The van der Waals surface area contributed by atoms with E-state index in [1.807, 2.05) is 28.8 Å². The van der Waals surface area contributed by atoms with E-state index in [1.54, 1.807) is 14.0 Å². The van der Waals surface area contributed by atoms with Crippen molar-refractivity contribution in [1.29, 1.82) is 0 Å². The largest absolute Gasteiger partial charge is 0.497 e. The maximum Gasteiger partial charge on any atom is 0.230 e. The third-order valence-corrected chi connectivity index (χ3v) is 5.26. The summed E-state index contributed by atoms with van der Waals surface area (Å²) >= 11 is 1.32. The van der Waals surface area contributed by atoms with E-state index in [0.29, 0.717) is 11.7 Å². The van der Waals surface area contributed by atoms with E-state index in [9.17, 15) is 4.79 Å². The summed E-state index contributed by atoms with van der Waals surface area (Å²) in [6.07, 6.45) is 2.21. The first-order chi connectivity index (χ1) is 12.1. The van der Waals surface area contributed by atoms with Crippen LogP contribution in [0.1, 0.15) is 19.8 Å². The third kappa shape index (κ3) is 4.13. The van der Waals surface area contributed by atoms with Gasteiger partial charge < -0.3 is 15.2 Å². The van der Waals surface area contributed by atoms with Crippen molar-refractivity contribution in [3.63, 3.8) is 0 Å². The zero-order valence-electron chi connectivity index (χ0n) is 14.3. The molecular weight excluding hydrogens is 340 g/mol. The zero-order valence-corrected chi connectivity index (χ0v) is 15.2. The van der Waals surface area contributed by atoms with Crippen molar-refractivity contribution >= 4 is 17.7 Å². The third-order valence-electron chi connectivity index (χ3n) is 4.16. The predicted octanol–water partition coefficient (Wildman–Crippen LogP) is 2.10. The van der Waals surface area contributed by atoms with E-state index in [2.05, 4.69) is 10.2 Å². The number of primary amides is 1. The Morgan fingerprint density at radius 3 is 2.80 bits per heavy atom. The number of carbonyl (C=O) groups excluding carboxylic acids is 1. The molecular formula is C17H22N4O3S. The minimum Gasteiger partial charge on any atom is -0.497 e. The number of carbonyl (C=O) groups is 1. The van der Waals surface area contributed by atoms with Crippen molar-refractivity contribution in [3.8, 4) is 17.1 Å². The van der Waals surface area contributed by atoms with E-state index in [1.165, 1.54) is 11.8 Å². The molecule has 1 aliphatic rings. The van der Waals surface area contributed by atoms with Crippen molar-refractivity contribution in [1.82, 2.24) is 14.8 Å². The Balaban J connectivity index is 1.92. The predicted molar refractivity (Wildman–Crippen MR) is 95.5 cm³/mol. The van der Waals surface area contributed by atoms with Crippen LogP contribution in [-0.2, 0) is 16.1 Å². The highest BCUT2D eigenvalue weighted by molar-refractivity contribution is 8.00. The smallest absolute Gasteiger partial charge is 0.230 e. The number of benzene rings is 1. The van der Waals surface area contributed by atoms with Gasteiger partial charge >= 0.3 is 0 Å². The molecule has 2 atom stereocenters. The van der Waals surface area contributed by atoms with Crippen molar-refractivity contribution in [3.05, 3.63) is 24.3 Å². The van der Waals surface area contributed by atoms with E-state index in [-0.39, 0.29) is 17.3 Å². The van der Waals surface area contributed by atoms with Gasteiger partial charge in [0, 0.05) is 12.2 Å². The van der Waals surface area contributed by atoms with E-state index in [0.717, 1.165) is 36.6 Å². The number of ether oxygens (including phenoxy) is 2. The maximum absolute atomic E-state index is 11.4. The molecule has 1 aromatic heterocycles. The van der Waals surface area contributed by atoms with Crippen LogP contribution in [0.25, 0.3) is 11.4 Å². The molecule has 1 aromatic carbocycles. The lowest BCUT2D eigenvalue weighted by Crippen LogP contribution is -2.23. The van der Waals surface area contributed by atoms with E-state index >= 15 is 0 Å². The molecule has 0 bridgehead atoms. The second-order valence-corrected chi connectivity index (χ2v) is 7.25. The second-order valence-electron chi connectivity index (χ2n) is 5.94. The molecule has 1 saturated heterocycles. The van der Waals surface area contributed by atoms with Crippen LogP contribution in [0.15, 0.2) is 29.4 Å². The highest BCUT2D eigenvalue weighted by Crippen LogP contribution is 2.29. The minimum absolute atomic E-state index is 0.135. The lowest BCUT2D eigenvalue weighted by molar-refractivity contribution is -0.117. The summed E-state index contributed by atoms with van der Waals surface area (Å²) in [5.41, 5.74) is 6.33. The lowest BCUT2D eigenvalue weighted by atomic mass is 10.2. The molecule has 7 nitrogen and oxygen atoms in total. The van der Waals surface area contributed by atoms with Crippen LogP contribution < -0.4 is 10.5 Å². The van der Waals surface area contributed by atoms with Crippen LogP contribution in [0.3, 0.4) is 0 Å². The average Bonchev–Trinajstić information content (AvgIpc) is 3.26. The number of aromatic nitrogens is 3. The summed E-state index contributed by atoms with van der Waals surface area (Å²) < 4.78 is 13.0. The van der Waals surface area contributed by atoms with Gasteiger partial charge in [-0.05, 0) is 44.0 Å². The Hall–Kier alpha value is -2.06. The summed E-state index contributed by atoms with van der Waals surface area (Å²) in [5, 5.41) is 8.92. The number of hydrogen-bond donors (Lipinski definition) is 1. The van der Waals surface area contributed by atoms with Gasteiger partial charge in [-0.2, -0.15) is 0 Å². The van der Waals surface area contributed by atoms with Crippen molar-refractivity contribution in [2.45, 2.75) is 42.8 Å². The molecule has 2 N–H and O–H groups in total. The Morgan fingerprint density at radius 1 is 1.44 bits per heavy atom. The van der Waals surface area contributed by atoms with Gasteiger partial charge in [0.1, 0.15) is 5.75 Å². The number of amides is 1. The van der Waals surface area contributed by atoms with E-state index < -0.39 is 0 Å². The Kier molecular flexibility index (Phi) is 5.60. The van der Waals surface area contributed by atoms with Crippen LogP contribution in [0.5, 0.6) is 5.75 Å². The number of rotatable bonds is 7. The molecule has 0 unspecified atom stereocenters. The van der Waals surface area contributed by atoms with Gasteiger partial charge in [0.25, 0.3) is 0 Å². The molecule has 8 heteroatoms. The monoisotopic (exact) mass is 362 g/mol. The molecule has 1 fully saturated rings. The first-order valence-corrected chi connectivity index (χ1v) is 9.11. The molecule has 0 aliphatic carbocycles. The topological polar surface area (TPSA) is 92.3 Å². The highest BCUT2D eigenvalue weighted by Gasteiger charge is 2.23. The lowest BCUT2D eigenvalue weighted by Gasteiger charge is -2.15. The van der Waals surface area contributed by atoms with Gasteiger partial charge in [-0.3, -0.25) is 9.36 Å². The number of methoxy groups -OCH3 is 1. The molecule has 134 valence electrons. The summed E-state index contributed by atoms with van der Waals surface area (Å²) in [7, 11) is 1.63. The van der Waals surface area contributed by atoms with Gasteiger partial charge in [0.05, 0.1) is 25.0 Å². The number of nitrogens with zero attached hydrogens (tertiary/aromatic N) is 3. The van der Waals surface area contributed by atoms with Crippen LogP contribution in [0.4, 0.5) is 0 Å². The number of nitrogens with two attached hydrogens (primary N) is 1. The summed E-state index contributed by atoms with van der Waals surface area (Å²) in [5.74, 6) is 1.16. The molecule has 0 saturated carbocycles. The standard InChI is InChI=1S/C17H22N4O3S/c1-11(15(18)22)25-17-20-19-16(12-5-7-13(23-2)8-6-12)21(17)10-14-4-3-9-24-14/h5-8,11,14H,3-4,9-10H2,1-2H3,(H2,18,22)/t11-,14-/m0/s1. The van der Waals surface area contributed by atoms with Crippen LogP contribution in [0, 0.1) is 0 Å². The van der Waals surface area contributed by atoms with Crippen molar-refractivity contribution < 1.29 is 14.3 Å². The van der Waals surface area contributed by atoms with Crippen molar-refractivity contribution in [2.24, 2.45) is 5.73 Å². The van der Waals surface area contributed by atoms with Gasteiger partial charge in [-0.25, -0.2) is 0 Å². The summed E-state index contributed by atoms with van der Waals surface area (Å²) in [6.45, 7) is 3.21. The molecule has 1 amide bonds. The average molecular weight is 362 g/mol. The fraction of sp³-hybridized carbons (Fsp3) is 0.471.